The number of hydrogen-bond donors (Lipinski definition) is 1. The van der Waals surface area contributed by atoms with Gasteiger partial charge in [0.1, 0.15) is 11.5 Å². The van der Waals surface area contributed by atoms with Crippen molar-refractivity contribution in [2.75, 3.05) is 5.32 Å². The zero-order valence-electron chi connectivity index (χ0n) is 14.9. The first-order valence-corrected chi connectivity index (χ1v) is 9.25. The van der Waals surface area contributed by atoms with E-state index in [4.69, 9.17) is 11.6 Å². The molecule has 4 nitrogen and oxygen atoms in total. The van der Waals surface area contributed by atoms with Gasteiger partial charge in [-0.25, -0.2) is 9.37 Å². The summed E-state index contributed by atoms with van der Waals surface area (Å²) >= 11 is 5.96. The van der Waals surface area contributed by atoms with E-state index in [9.17, 15) is 9.18 Å². The molecule has 0 spiro atoms. The van der Waals surface area contributed by atoms with Gasteiger partial charge in [-0.15, -0.1) is 0 Å². The number of nitrogens with one attached hydrogen (secondary N) is 1. The third-order valence-electron chi connectivity index (χ3n) is 4.44. The standard InChI is InChI=1S/C22H17ClFN3O/c23-16-4-3-5-18(14-16)25-21(28)12-11-19-22(15-7-9-17(24)10-8-15)26-20-6-1-2-13-27(19)20/h1-10,13-14H,11-12H2,(H,25,28). The maximum atomic E-state index is 13.3. The lowest BCUT2D eigenvalue weighted by atomic mass is 10.1. The van der Waals surface area contributed by atoms with Gasteiger partial charge >= 0.3 is 0 Å². The van der Waals surface area contributed by atoms with Gasteiger partial charge in [-0.3, -0.25) is 4.79 Å². The number of imidazole rings is 1. The molecule has 140 valence electrons. The summed E-state index contributed by atoms with van der Waals surface area (Å²) < 4.78 is 15.3. The molecule has 0 radical (unpaired) electrons. The highest BCUT2D eigenvalue weighted by Crippen LogP contribution is 2.26. The van der Waals surface area contributed by atoms with Gasteiger partial charge in [-0.1, -0.05) is 23.7 Å². The maximum Gasteiger partial charge on any atom is 0.224 e. The van der Waals surface area contributed by atoms with Gasteiger partial charge in [0.05, 0.1) is 11.4 Å². The van der Waals surface area contributed by atoms with Gasteiger partial charge in [-0.2, -0.15) is 0 Å². The molecule has 0 saturated carbocycles. The van der Waals surface area contributed by atoms with Gasteiger partial charge in [0.2, 0.25) is 5.91 Å². The number of carbonyl (C=O) groups excluding carboxylic acids is 1. The number of nitrogens with zero attached hydrogens (tertiary/aromatic N) is 2. The minimum atomic E-state index is -0.296. The Morgan fingerprint density at radius 3 is 2.68 bits per heavy atom. The third-order valence-corrected chi connectivity index (χ3v) is 4.68. The van der Waals surface area contributed by atoms with E-state index in [0.717, 1.165) is 22.6 Å². The van der Waals surface area contributed by atoms with Crippen LogP contribution in [0.4, 0.5) is 10.1 Å². The summed E-state index contributed by atoms with van der Waals surface area (Å²) in [7, 11) is 0. The van der Waals surface area contributed by atoms with Crippen molar-refractivity contribution in [3.63, 3.8) is 0 Å². The molecule has 4 aromatic rings. The summed E-state index contributed by atoms with van der Waals surface area (Å²) in [5, 5.41) is 3.43. The van der Waals surface area contributed by atoms with E-state index in [1.54, 1.807) is 36.4 Å². The fourth-order valence-electron chi connectivity index (χ4n) is 3.15. The van der Waals surface area contributed by atoms with Crippen molar-refractivity contribution in [1.82, 2.24) is 9.38 Å². The number of fused-ring (bicyclic) bond motifs is 1. The van der Waals surface area contributed by atoms with E-state index in [1.165, 1.54) is 12.1 Å². The second-order valence-corrected chi connectivity index (χ2v) is 6.84. The molecule has 0 unspecified atom stereocenters. The fourth-order valence-corrected chi connectivity index (χ4v) is 3.34. The van der Waals surface area contributed by atoms with Gasteiger partial charge < -0.3 is 9.72 Å². The summed E-state index contributed by atoms with van der Waals surface area (Å²) in [6.45, 7) is 0. The van der Waals surface area contributed by atoms with Crippen molar-refractivity contribution < 1.29 is 9.18 Å². The fraction of sp³-hybridized carbons (Fsp3) is 0.0909. The number of amides is 1. The Morgan fingerprint density at radius 1 is 1.07 bits per heavy atom. The van der Waals surface area contributed by atoms with Crippen LogP contribution in [0.2, 0.25) is 5.02 Å². The smallest absolute Gasteiger partial charge is 0.224 e. The van der Waals surface area contributed by atoms with Crippen LogP contribution < -0.4 is 5.32 Å². The van der Waals surface area contributed by atoms with Crippen LogP contribution >= 0.6 is 11.6 Å². The van der Waals surface area contributed by atoms with Crippen molar-refractivity contribution in [2.45, 2.75) is 12.8 Å². The molecule has 2 aromatic heterocycles. The highest BCUT2D eigenvalue weighted by molar-refractivity contribution is 6.30. The minimum Gasteiger partial charge on any atom is -0.326 e. The van der Waals surface area contributed by atoms with Crippen LogP contribution in [0, 0.1) is 5.82 Å². The molecular formula is C22H17ClFN3O. The van der Waals surface area contributed by atoms with E-state index in [1.807, 2.05) is 28.8 Å². The first-order valence-electron chi connectivity index (χ1n) is 8.87. The van der Waals surface area contributed by atoms with Crippen LogP contribution in [0.5, 0.6) is 0 Å². The topological polar surface area (TPSA) is 46.4 Å². The number of rotatable bonds is 5. The molecule has 0 atom stereocenters. The molecular weight excluding hydrogens is 377 g/mol. The maximum absolute atomic E-state index is 13.3. The van der Waals surface area contributed by atoms with Crippen LogP contribution in [0.3, 0.4) is 0 Å². The molecule has 6 heteroatoms. The van der Waals surface area contributed by atoms with Gasteiger partial charge in [0.15, 0.2) is 0 Å². The summed E-state index contributed by atoms with van der Waals surface area (Å²) in [6.07, 6.45) is 2.69. The third kappa shape index (κ3) is 3.89. The largest absolute Gasteiger partial charge is 0.326 e. The van der Waals surface area contributed by atoms with Crippen molar-refractivity contribution in [3.8, 4) is 11.3 Å². The first-order chi connectivity index (χ1) is 13.6. The highest BCUT2D eigenvalue weighted by atomic mass is 35.5. The molecule has 2 aromatic carbocycles. The Kier molecular flexibility index (Phi) is 5.08. The molecule has 1 N–H and O–H groups in total. The summed E-state index contributed by atoms with van der Waals surface area (Å²) in [5.74, 6) is -0.409. The van der Waals surface area contributed by atoms with Crippen LogP contribution in [0.1, 0.15) is 12.1 Å². The van der Waals surface area contributed by atoms with E-state index < -0.39 is 0 Å². The molecule has 28 heavy (non-hydrogen) atoms. The minimum absolute atomic E-state index is 0.113. The first kappa shape index (κ1) is 18.2. The van der Waals surface area contributed by atoms with Crippen LogP contribution in [0.25, 0.3) is 16.9 Å². The Labute approximate surface area is 166 Å². The molecule has 0 aliphatic rings. The van der Waals surface area contributed by atoms with E-state index in [-0.39, 0.29) is 18.1 Å². The number of hydrogen-bond acceptors (Lipinski definition) is 2. The lowest BCUT2D eigenvalue weighted by Gasteiger charge is -2.07. The molecule has 0 bridgehead atoms. The predicted molar refractivity (Wildman–Crippen MR) is 109 cm³/mol. The molecule has 0 saturated heterocycles. The van der Waals surface area contributed by atoms with E-state index in [2.05, 4.69) is 10.3 Å². The number of anilines is 1. The summed E-state index contributed by atoms with van der Waals surface area (Å²) in [6, 6.07) is 19.0. The predicted octanol–water partition coefficient (Wildman–Crippen LogP) is 5.37. The number of benzene rings is 2. The average molecular weight is 394 g/mol. The zero-order valence-corrected chi connectivity index (χ0v) is 15.7. The van der Waals surface area contributed by atoms with Crippen LogP contribution in [-0.2, 0) is 11.2 Å². The lowest BCUT2D eigenvalue weighted by Crippen LogP contribution is -2.13. The van der Waals surface area contributed by atoms with Crippen molar-refractivity contribution in [1.29, 1.82) is 0 Å². The van der Waals surface area contributed by atoms with Gasteiger partial charge in [0.25, 0.3) is 0 Å². The highest BCUT2D eigenvalue weighted by Gasteiger charge is 2.15. The average Bonchev–Trinajstić information content (AvgIpc) is 3.05. The Balaban J connectivity index is 1.59. The van der Waals surface area contributed by atoms with Gasteiger partial charge in [0, 0.05) is 28.9 Å². The molecule has 0 fully saturated rings. The number of halogens is 2. The molecule has 4 rings (SSSR count). The quantitative estimate of drug-likeness (QED) is 0.495. The second kappa shape index (κ2) is 7.82. The second-order valence-electron chi connectivity index (χ2n) is 6.40. The molecule has 0 aliphatic carbocycles. The van der Waals surface area contributed by atoms with E-state index in [0.29, 0.717) is 17.1 Å². The SMILES string of the molecule is O=C(CCc1c(-c2ccc(F)cc2)nc2ccccn12)Nc1cccc(Cl)c1. The molecule has 2 heterocycles. The van der Waals surface area contributed by atoms with Crippen molar-refractivity contribution in [3.05, 3.63) is 89.5 Å². The molecule has 0 aliphatic heterocycles. The van der Waals surface area contributed by atoms with Crippen LogP contribution in [-0.4, -0.2) is 15.3 Å². The number of carbonyl (C=O) groups is 1. The van der Waals surface area contributed by atoms with E-state index >= 15 is 0 Å². The van der Waals surface area contributed by atoms with Gasteiger partial charge in [-0.05, 0) is 61.0 Å². The summed E-state index contributed by atoms with van der Waals surface area (Å²) in [4.78, 5) is 17.1. The zero-order chi connectivity index (χ0) is 19.5. The number of pyridine rings is 1. The number of aryl methyl sites for hydroxylation is 1. The lowest BCUT2D eigenvalue weighted by molar-refractivity contribution is -0.116. The van der Waals surface area contributed by atoms with Crippen molar-refractivity contribution >= 4 is 28.8 Å². The van der Waals surface area contributed by atoms with Crippen molar-refractivity contribution in [2.24, 2.45) is 0 Å². The monoisotopic (exact) mass is 393 g/mol. The Bertz CT molecular complexity index is 1140. The summed E-state index contributed by atoms with van der Waals surface area (Å²) in [5.41, 5.74) is 3.92. The number of aromatic nitrogens is 2. The van der Waals surface area contributed by atoms with Crippen LogP contribution in [0.15, 0.2) is 72.9 Å². The molecule has 1 amide bonds. The Morgan fingerprint density at radius 2 is 1.89 bits per heavy atom. The normalized spacial score (nSPS) is 10.9. The Hall–Kier alpha value is -3.18.